The van der Waals surface area contributed by atoms with Gasteiger partial charge in [-0.15, -0.1) is 0 Å². The number of hydrogen-bond acceptors (Lipinski definition) is 5. The highest BCUT2D eigenvalue weighted by atomic mass is 16.5. The van der Waals surface area contributed by atoms with Crippen LogP contribution in [0.25, 0.3) is 0 Å². The van der Waals surface area contributed by atoms with Crippen molar-refractivity contribution in [2.75, 3.05) is 14.2 Å². The summed E-state index contributed by atoms with van der Waals surface area (Å²) < 4.78 is 10.7. The Kier molecular flexibility index (Phi) is 5.46. The molecular weight excluding hydrogens is 320 g/mol. The lowest BCUT2D eigenvalue weighted by atomic mass is 9.92. The molecule has 0 radical (unpaired) electrons. The lowest BCUT2D eigenvalue weighted by Crippen LogP contribution is -2.18. The van der Waals surface area contributed by atoms with Crippen LogP contribution < -0.4 is 14.9 Å². The van der Waals surface area contributed by atoms with Crippen LogP contribution in [0.15, 0.2) is 23.3 Å². The summed E-state index contributed by atoms with van der Waals surface area (Å²) in [5, 5.41) is 10.9. The van der Waals surface area contributed by atoms with Crippen molar-refractivity contribution in [3.8, 4) is 11.5 Å². The maximum Gasteiger partial charge on any atom is 0.291 e. The number of carbonyl (C=O) groups excluding carboxylic acids is 1. The largest absolute Gasteiger partial charge is 0.496 e. The minimum atomic E-state index is -0.382. The van der Waals surface area contributed by atoms with Gasteiger partial charge >= 0.3 is 0 Å². The fraction of sp³-hybridized carbons (Fsp3) is 0.389. The van der Waals surface area contributed by atoms with Crippen molar-refractivity contribution in [2.45, 2.75) is 33.1 Å². The predicted molar refractivity (Wildman–Crippen MR) is 96.6 cm³/mol. The molecule has 0 fully saturated rings. The van der Waals surface area contributed by atoms with Gasteiger partial charge in [0.05, 0.1) is 20.4 Å². The molecule has 25 heavy (non-hydrogen) atoms. The van der Waals surface area contributed by atoms with Crippen molar-refractivity contribution in [3.05, 3.63) is 40.7 Å². The first kappa shape index (κ1) is 18.5. The number of hydrazone groups is 1. The highest BCUT2D eigenvalue weighted by molar-refractivity contribution is 5.93. The molecule has 1 heterocycles. The van der Waals surface area contributed by atoms with Gasteiger partial charge < -0.3 is 9.47 Å². The molecule has 134 valence electrons. The Morgan fingerprint density at radius 2 is 2.00 bits per heavy atom. The van der Waals surface area contributed by atoms with Crippen molar-refractivity contribution in [3.63, 3.8) is 0 Å². The lowest BCUT2D eigenvalue weighted by Gasteiger charge is -2.14. The number of H-pyrrole nitrogens is 1. The Bertz CT molecular complexity index is 788. The number of nitrogens with zero attached hydrogens (tertiary/aromatic N) is 2. The van der Waals surface area contributed by atoms with Gasteiger partial charge in [-0.3, -0.25) is 9.89 Å². The number of carbonyl (C=O) groups is 1. The Morgan fingerprint density at radius 3 is 2.56 bits per heavy atom. The second kappa shape index (κ2) is 7.38. The van der Waals surface area contributed by atoms with Crippen molar-refractivity contribution in [1.29, 1.82) is 0 Å². The molecule has 1 aromatic heterocycles. The van der Waals surface area contributed by atoms with Gasteiger partial charge in [-0.1, -0.05) is 20.8 Å². The predicted octanol–water partition coefficient (Wildman–Crippen LogP) is 2.80. The van der Waals surface area contributed by atoms with Gasteiger partial charge in [0.2, 0.25) is 0 Å². The monoisotopic (exact) mass is 344 g/mol. The first-order valence-corrected chi connectivity index (χ1v) is 7.88. The summed E-state index contributed by atoms with van der Waals surface area (Å²) in [6.45, 7) is 8.02. The van der Waals surface area contributed by atoms with Crippen molar-refractivity contribution in [2.24, 2.45) is 5.10 Å². The number of rotatable bonds is 5. The Balaban J connectivity index is 2.12. The summed E-state index contributed by atoms with van der Waals surface area (Å²) in [6, 6.07) is 5.36. The number of ether oxygens (including phenoxy) is 2. The van der Waals surface area contributed by atoms with Crippen LogP contribution in [-0.2, 0) is 5.41 Å². The Labute approximate surface area is 147 Å². The third kappa shape index (κ3) is 4.17. The maximum atomic E-state index is 12.1. The highest BCUT2D eigenvalue weighted by Crippen LogP contribution is 2.30. The van der Waals surface area contributed by atoms with Gasteiger partial charge in [0, 0.05) is 22.2 Å². The normalized spacial score (nSPS) is 11.6. The van der Waals surface area contributed by atoms with Gasteiger partial charge in [-0.25, -0.2) is 5.43 Å². The summed E-state index contributed by atoms with van der Waals surface area (Å²) in [4.78, 5) is 12.1. The van der Waals surface area contributed by atoms with Crippen LogP contribution in [0.4, 0.5) is 0 Å². The summed E-state index contributed by atoms with van der Waals surface area (Å²) in [5.74, 6) is 0.989. The van der Waals surface area contributed by atoms with Crippen LogP contribution in [0.1, 0.15) is 48.1 Å². The SMILES string of the molecule is COc1ccc(/C=N/NC(=O)c2cc(C(C)(C)C)[nH]n2)c(OC)c1C. The third-order valence-electron chi connectivity index (χ3n) is 3.80. The minimum absolute atomic E-state index is 0.108. The molecule has 0 aliphatic rings. The molecule has 0 unspecified atom stereocenters. The topological polar surface area (TPSA) is 88.6 Å². The Morgan fingerprint density at radius 1 is 1.28 bits per heavy atom. The lowest BCUT2D eigenvalue weighted by molar-refractivity contribution is 0.0950. The van der Waals surface area contributed by atoms with Gasteiger partial charge in [0.15, 0.2) is 5.69 Å². The fourth-order valence-corrected chi connectivity index (χ4v) is 2.33. The molecule has 0 atom stereocenters. The van der Waals surface area contributed by atoms with E-state index in [1.165, 1.54) is 6.21 Å². The number of nitrogens with one attached hydrogen (secondary N) is 2. The standard InChI is InChI=1S/C18H24N4O3/c1-11-14(24-5)8-7-12(16(11)25-6)10-19-22-17(23)13-9-15(21-20-13)18(2,3)4/h7-10H,1-6H3,(H,20,21)(H,22,23)/b19-10+. The molecule has 0 aliphatic heterocycles. The van der Waals surface area contributed by atoms with Gasteiger partial charge in [-0.2, -0.15) is 10.2 Å². The number of amides is 1. The minimum Gasteiger partial charge on any atom is -0.496 e. The van der Waals surface area contributed by atoms with Gasteiger partial charge in [0.25, 0.3) is 5.91 Å². The zero-order chi connectivity index (χ0) is 18.6. The molecule has 0 aliphatic carbocycles. The van der Waals surface area contributed by atoms with E-state index in [0.29, 0.717) is 11.4 Å². The van der Waals surface area contributed by atoms with E-state index in [1.807, 2.05) is 39.8 Å². The Hall–Kier alpha value is -2.83. The van der Waals surface area contributed by atoms with Crippen LogP contribution in [-0.4, -0.2) is 36.5 Å². The average molecular weight is 344 g/mol. The van der Waals surface area contributed by atoms with E-state index in [2.05, 4.69) is 20.7 Å². The van der Waals surface area contributed by atoms with Crippen LogP contribution in [0.2, 0.25) is 0 Å². The van der Waals surface area contributed by atoms with E-state index in [1.54, 1.807) is 20.3 Å². The molecule has 7 heteroatoms. The molecule has 7 nitrogen and oxygen atoms in total. The first-order valence-electron chi connectivity index (χ1n) is 7.88. The molecule has 0 saturated heterocycles. The molecule has 0 spiro atoms. The van der Waals surface area contributed by atoms with E-state index in [9.17, 15) is 4.79 Å². The van der Waals surface area contributed by atoms with E-state index >= 15 is 0 Å². The number of hydrogen-bond donors (Lipinski definition) is 2. The fourth-order valence-electron chi connectivity index (χ4n) is 2.33. The van der Waals surface area contributed by atoms with Crippen LogP contribution in [0, 0.1) is 6.92 Å². The molecule has 2 aromatic rings. The molecule has 0 saturated carbocycles. The average Bonchev–Trinajstić information content (AvgIpc) is 3.05. The summed E-state index contributed by atoms with van der Waals surface area (Å²) in [6.07, 6.45) is 1.53. The number of aromatic amines is 1. The van der Waals surface area contributed by atoms with Gasteiger partial charge in [0.1, 0.15) is 11.5 Å². The molecule has 0 bridgehead atoms. The third-order valence-corrected chi connectivity index (χ3v) is 3.80. The van der Waals surface area contributed by atoms with Crippen LogP contribution in [0.5, 0.6) is 11.5 Å². The molecule has 1 amide bonds. The summed E-state index contributed by atoms with van der Waals surface area (Å²) in [7, 11) is 3.18. The van der Waals surface area contributed by atoms with Gasteiger partial charge in [-0.05, 0) is 25.1 Å². The molecule has 2 rings (SSSR count). The summed E-state index contributed by atoms with van der Waals surface area (Å²) in [5.41, 5.74) is 5.14. The molecule has 1 aromatic carbocycles. The molecule has 2 N–H and O–H groups in total. The second-order valence-electron chi connectivity index (χ2n) is 6.63. The van der Waals surface area contributed by atoms with E-state index in [4.69, 9.17) is 9.47 Å². The number of benzene rings is 1. The summed E-state index contributed by atoms with van der Waals surface area (Å²) >= 11 is 0. The molecular formula is C18H24N4O3. The zero-order valence-electron chi connectivity index (χ0n) is 15.4. The highest BCUT2D eigenvalue weighted by Gasteiger charge is 2.19. The van der Waals surface area contributed by atoms with Crippen LogP contribution >= 0.6 is 0 Å². The van der Waals surface area contributed by atoms with E-state index in [0.717, 1.165) is 22.6 Å². The first-order chi connectivity index (χ1) is 11.8. The zero-order valence-corrected chi connectivity index (χ0v) is 15.4. The number of methoxy groups -OCH3 is 2. The van der Waals surface area contributed by atoms with E-state index in [-0.39, 0.29) is 11.3 Å². The van der Waals surface area contributed by atoms with Crippen LogP contribution in [0.3, 0.4) is 0 Å². The van der Waals surface area contributed by atoms with Crippen molar-refractivity contribution < 1.29 is 14.3 Å². The quantitative estimate of drug-likeness (QED) is 0.645. The van der Waals surface area contributed by atoms with Crippen molar-refractivity contribution in [1.82, 2.24) is 15.6 Å². The van der Waals surface area contributed by atoms with Crippen molar-refractivity contribution >= 4 is 12.1 Å². The smallest absolute Gasteiger partial charge is 0.291 e. The number of aromatic nitrogens is 2. The second-order valence-corrected chi connectivity index (χ2v) is 6.63. The van der Waals surface area contributed by atoms with E-state index < -0.39 is 0 Å². The maximum absolute atomic E-state index is 12.1.